The van der Waals surface area contributed by atoms with Crippen LogP contribution in [0.25, 0.3) is 0 Å². The lowest BCUT2D eigenvalue weighted by molar-refractivity contribution is -0.557. The molecule has 0 fully saturated rings. The van der Waals surface area contributed by atoms with Gasteiger partial charge in [0.05, 0.1) is 0 Å². The first kappa shape index (κ1) is 17.0. The van der Waals surface area contributed by atoms with Crippen molar-refractivity contribution in [2.24, 2.45) is 5.73 Å². The van der Waals surface area contributed by atoms with Crippen molar-refractivity contribution in [1.82, 2.24) is 10.2 Å². The SMILES string of the molecule is CCNC(=O)CN(CC(=O)O)C(=O)C[NH2+]C(=O)CN. The second kappa shape index (κ2) is 9.00. The van der Waals surface area contributed by atoms with Gasteiger partial charge in [0.2, 0.25) is 5.91 Å². The van der Waals surface area contributed by atoms with E-state index in [0.29, 0.717) is 6.54 Å². The molecular formula is C10H19N4O5+. The summed E-state index contributed by atoms with van der Waals surface area (Å²) < 4.78 is 0. The molecule has 0 aromatic heterocycles. The molecule has 0 spiro atoms. The highest BCUT2D eigenvalue weighted by Gasteiger charge is 2.21. The molecule has 0 bridgehead atoms. The summed E-state index contributed by atoms with van der Waals surface area (Å²) in [6.07, 6.45) is 0. The van der Waals surface area contributed by atoms with Gasteiger partial charge in [-0.25, -0.2) is 4.79 Å². The Hall–Kier alpha value is -2.00. The number of primary amides is 1. The summed E-state index contributed by atoms with van der Waals surface area (Å²) >= 11 is 0. The molecule has 3 amide bonds. The Morgan fingerprint density at radius 1 is 1.26 bits per heavy atom. The fraction of sp³-hybridized carbons (Fsp3) is 0.600. The first-order valence-electron chi connectivity index (χ1n) is 5.73. The normalized spacial score (nSPS) is 9.79. The molecule has 9 heteroatoms. The lowest BCUT2D eigenvalue weighted by Crippen LogP contribution is -2.91. The van der Waals surface area contributed by atoms with E-state index in [9.17, 15) is 19.2 Å². The molecule has 108 valence electrons. The molecule has 9 nitrogen and oxygen atoms in total. The van der Waals surface area contributed by atoms with E-state index < -0.39 is 30.2 Å². The molecule has 0 unspecified atom stereocenters. The van der Waals surface area contributed by atoms with Crippen LogP contribution in [-0.2, 0) is 19.2 Å². The van der Waals surface area contributed by atoms with Gasteiger partial charge in [0, 0.05) is 6.54 Å². The molecule has 0 saturated heterocycles. The third-order valence-electron chi connectivity index (χ3n) is 2.09. The minimum Gasteiger partial charge on any atom is -0.480 e. The van der Waals surface area contributed by atoms with E-state index in [4.69, 9.17) is 10.8 Å². The highest BCUT2D eigenvalue weighted by molar-refractivity contribution is 5.88. The summed E-state index contributed by atoms with van der Waals surface area (Å²) in [7, 11) is 0. The predicted octanol–water partition coefficient (Wildman–Crippen LogP) is -3.92. The van der Waals surface area contributed by atoms with Gasteiger partial charge in [-0.2, -0.15) is 0 Å². The van der Waals surface area contributed by atoms with Gasteiger partial charge in [0.25, 0.3) is 5.91 Å². The third kappa shape index (κ3) is 7.84. The van der Waals surface area contributed by atoms with Gasteiger partial charge in [-0.05, 0) is 6.92 Å². The zero-order valence-electron chi connectivity index (χ0n) is 10.7. The van der Waals surface area contributed by atoms with Gasteiger partial charge in [-0.3, -0.25) is 19.7 Å². The number of nitrogens with one attached hydrogen (secondary N) is 1. The molecule has 0 aromatic rings. The summed E-state index contributed by atoms with van der Waals surface area (Å²) in [5.41, 5.74) is 5.07. The summed E-state index contributed by atoms with van der Waals surface area (Å²) in [6.45, 7) is 0.635. The van der Waals surface area contributed by atoms with Crippen molar-refractivity contribution < 1.29 is 29.6 Å². The number of nitrogens with two attached hydrogens (primary N) is 2. The number of carboxylic acids is 1. The number of carbonyl (C=O) groups excluding carboxylic acids is 3. The molecule has 0 saturated carbocycles. The van der Waals surface area contributed by atoms with Crippen LogP contribution in [-0.4, -0.2) is 66.4 Å². The average Bonchev–Trinajstić information content (AvgIpc) is 2.34. The van der Waals surface area contributed by atoms with Gasteiger partial charge in [0.1, 0.15) is 19.6 Å². The number of hydrogen-bond donors (Lipinski definition) is 4. The van der Waals surface area contributed by atoms with Crippen LogP contribution in [0.4, 0.5) is 0 Å². The van der Waals surface area contributed by atoms with Crippen molar-refractivity contribution in [3.63, 3.8) is 0 Å². The van der Waals surface area contributed by atoms with E-state index in [1.54, 1.807) is 6.92 Å². The summed E-state index contributed by atoms with van der Waals surface area (Å²) in [6, 6.07) is 0. The lowest BCUT2D eigenvalue weighted by atomic mass is 10.4. The summed E-state index contributed by atoms with van der Waals surface area (Å²) in [5, 5.41) is 12.2. The van der Waals surface area contributed by atoms with Gasteiger partial charge >= 0.3 is 11.9 Å². The van der Waals surface area contributed by atoms with Crippen LogP contribution in [0.2, 0.25) is 0 Å². The van der Waals surface area contributed by atoms with Gasteiger partial charge in [-0.15, -0.1) is 0 Å². The summed E-state index contributed by atoms with van der Waals surface area (Å²) in [4.78, 5) is 45.5. The third-order valence-corrected chi connectivity index (χ3v) is 2.09. The van der Waals surface area contributed by atoms with Crippen LogP contribution in [0.3, 0.4) is 0 Å². The fourth-order valence-electron chi connectivity index (χ4n) is 1.24. The Balaban J connectivity index is 4.47. The number of aliphatic carboxylic acids is 1. The number of nitrogens with zero attached hydrogens (tertiary/aromatic N) is 1. The van der Waals surface area contributed by atoms with E-state index in [-0.39, 0.29) is 19.6 Å². The highest BCUT2D eigenvalue weighted by atomic mass is 16.4. The monoisotopic (exact) mass is 275 g/mol. The highest BCUT2D eigenvalue weighted by Crippen LogP contribution is 1.89. The first-order chi connectivity index (χ1) is 8.90. The number of quaternary nitrogens is 1. The Morgan fingerprint density at radius 3 is 2.37 bits per heavy atom. The van der Waals surface area contributed by atoms with Crippen LogP contribution in [0, 0.1) is 0 Å². The smallest absolute Gasteiger partial charge is 0.324 e. The van der Waals surface area contributed by atoms with Gasteiger partial charge < -0.3 is 21.1 Å². The maximum absolute atomic E-state index is 11.7. The zero-order valence-corrected chi connectivity index (χ0v) is 10.7. The quantitative estimate of drug-likeness (QED) is 0.356. The van der Waals surface area contributed by atoms with E-state index in [1.807, 2.05) is 0 Å². The lowest BCUT2D eigenvalue weighted by Gasteiger charge is -2.18. The predicted molar refractivity (Wildman–Crippen MR) is 63.8 cm³/mol. The van der Waals surface area contributed by atoms with Crippen LogP contribution < -0.4 is 16.4 Å². The second-order valence-electron chi connectivity index (χ2n) is 3.68. The standard InChI is InChI=1S/C10H18N4O5/c1-2-12-8(16)5-14(6-10(18)19)9(17)4-13-7(15)3-11/h2-6,11H2,1H3,(H,12,16)(H,13,15)(H,18,19)/p+1. The van der Waals surface area contributed by atoms with E-state index in [2.05, 4.69) is 5.32 Å². The molecule has 0 aliphatic carbocycles. The minimum atomic E-state index is -1.23. The van der Waals surface area contributed by atoms with E-state index in [1.165, 1.54) is 0 Å². The number of amides is 3. The van der Waals surface area contributed by atoms with Crippen LogP contribution in [0.1, 0.15) is 6.92 Å². The van der Waals surface area contributed by atoms with Crippen LogP contribution in [0.5, 0.6) is 0 Å². The van der Waals surface area contributed by atoms with Crippen LogP contribution >= 0.6 is 0 Å². The van der Waals surface area contributed by atoms with Crippen molar-refractivity contribution >= 4 is 23.7 Å². The number of likely N-dealkylation sites (N-methyl/N-ethyl adjacent to an activating group) is 1. The van der Waals surface area contributed by atoms with E-state index >= 15 is 0 Å². The van der Waals surface area contributed by atoms with Crippen molar-refractivity contribution in [3.05, 3.63) is 0 Å². The van der Waals surface area contributed by atoms with Crippen molar-refractivity contribution in [1.29, 1.82) is 0 Å². The molecule has 0 heterocycles. The second-order valence-corrected chi connectivity index (χ2v) is 3.68. The molecule has 19 heavy (non-hydrogen) atoms. The number of carboxylic acid groups (broad SMARTS) is 1. The van der Waals surface area contributed by atoms with Crippen LogP contribution in [0.15, 0.2) is 0 Å². The average molecular weight is 275 g/mol. The first-order valence-corrected chi connectivity index (χ1v) is 5.73. The molecular weight excluding hydrogens is 256 g/mol. The van der Waals surface area contributed by atoms with E-state index in [0.717, 1.165) is 10.2 Å². The number of hydrogen-bond acceptors (Lipinski definition) is 5. The largest absolute Gasteiger partial charge is 0.480 e. The molecule has 0 rings (SSSR count). The maximum Gasteiger partial charge on any atom is 0.324 e. The number of rotatable bonds is 8. The van der Waals surface area contributed by atoms with Gasteiger partial charge in [0.15, 0.2) is 6.54 Å². The Morgan fingerprint density at radius 2 is 1.89 bits per heavy atom. The maximum atomic E-state index is 11.7. The van der Waals surface area contributed by atoms with Gasteiger partial charge in [-0.1, -0.05) is 0 Å². The van der Waals surface area contributed by atoms with Crippen molar-refractivity contribution in [3.8, 4) is 0 Å². The topological polar surface area (TPSA) is 146 Å². The number of carbonyl (C=O) groups is 4. The molecule has 0 aliphatic rings. The molecule has 0 aromatic carbocycles. The minimum absolute atomic E-state index is 0.220. The van der Waals surface area contributed by atoms with Crippen molar-refractivity contribution in [2.75, 3.05) is 32.7 Å². The van der Waals surface area contributed by atoms with Crippen molar-refractivity contribution in [2.45, 2.75) is 6.92 Å². The Bertz CT molecular complexity index is 358. The molecule has 0 atom stereocenters. The fourth-order valence-corrected chi connectivity index (χ4v) is 1.24. The Labute approximate surface area is 110 Å². The Kier molecular flexibility index (Phi) is 8.05. The molecule has 0 radical (unpaired) electrons. The summed E-state index contributed by atoms with van der Waals surface area (Å²) in [5.74, 6) is -2.72. The molecule has 6 N–H and O–H groups in total. The molecule has 0 aliphatic heterocycles. The zero-order chi connectivity index (χ0) is 14.8.